The number of amides is 1. The zero-order chi connectivity index (χ0) is 19.0. The quantitative estimate of drug-likeness (QED) is 0.687. The van der Waals surface area contributed by atoms with Crippen molar-refractivity contribution in [1.82, 2.24) is 14.3 Å². The Morgan fingerprint density at radius 1 is 1.33 bits per heavy atom. The van der Waals surface area contributed by atoms with E-state index in [1.54, 1.807) is 30.6 Å². The van der Waals surface area contributed by atoms with Crippen LogP contribution in [0.25, 0.3) is 11.0 Å². The van der Waals surface area contributed by atoms with Crippen LogP contribution >= 0.6 is 0 Å². The molecular weight excluding hydrogens is 368 g/mol. The number of anilines is 1. The van der Waals surface area contributed by atoms with Crippen molar-refractivity contribution in [2.75, 3.05) is 25.5 Å². The average Bonchev–Trinajstić information content (AvgIpc) is 3.05. The maximum Gasteiger partial charge on any atom is 0.268 e. The molecule has 0 unspecified atom stereocenters. The van der Waals surface area contributed by atoms with Gasteiger partial charge in [0, 0.05) is 12.4 Å². The number of carbonyl (C=O) groups is 1. The van der Waals surface area contributed by atoms with E-state index in [0.29, 0.717) is 35.4 Å². The van der Waals surface area contributed by atoms with Crippen molar-refractivity contribution >= 4 is 32.7 Å². The molecule has 2 aromatic heterocycles. The molecule has 2 N–H and O–H groups in total. The number of benzene rings is 1. The first-order valence-corrected chi connectivity index (χ1v) is 9.86. The van der Waals surface area contributed by atoms with E-state index >= 15 is 0 Å². The number of ether oxygens (including phenoxy) is 1. The predicted molar refractivity (Wildman–Crippen MR) is 101 cm³/mol. The SMILES string of the molecule is CNCCc1cn(S(=O)(=O)c2ccc3c(c2)NC(=O)CO3)c2cccnc12. The summed E-state index contributed by atoms with van der Waals surface area (Å²) in [6.45, 7) is 0.625. The van der Waals surface area contributed by atoms with Crippen molar-refractivity contribution in [1.29, 1.82) is 0 Å². The Morgan fingerprint density at radius 3 is 3.00 bits per heavy atom. The molecule has 0 aliphatic carbocycles. The normalized spacial score (nSPS) is 13.9. The summed E-state index contributed by atoms with van der Waals surface area (Å²) in [6, 6.07) is 7.87. The van der Waals surface area contributed by atoms with E-state index in [2.05, 4.69) is 15.6 Å². The van der Waals surface area contributed by atoms with Gasteiger partial charge in [0.2, 0.25) is 0 Å². The summed E-state index contributed by atoms with van der Waals surface area (Å²) in [7, 11) is -2.03. The second kappa shape index (κ2) is 6.67. The van der Waals surface area contributed by atoms with Crippen molar-refractivity contribution in [3.05, 3.63) is 48.3 Å². The fraction of sp³-hybridized carbons (Fsp3) is 0.222. The summed E-state index contributed by atoms with van der Waals surface area (Å²) in [4.78, 5) is 15.9. The third-order valence-corrected chi connectivity index (χ3v) is 6.06. The van der Waals surface area contributed by atoms with Crippen LogP contribution in [0.4, 0.5) is 5.69 Å². The number of nitrogens with zero attached hydrogens (tertiary/aromatic N) is 2. The Labute approximate surface area is 156 Å². The summed E-state index contributed by atoms with van der Waals surface area (Å²) in [6.07, 6.45) is 3.91. The molecule has 0 spiro atoms. The highest BCUT2D eigenvalue weighted by atomic mass is 32.2. The second-order valence-corrected chi connectivity index (χ2v) is 7.99. The number of hydrogen-bond donors (Lipinski definition) is 2. The first-order chi connectivity index (χ1) is 13.0. The van der Waals surface area contributed by atoms with Gasteiger partial charge in [-0.25, -0.2) is 12.4 Å². The number of nitrogens with one attached hydrogen (secondary N) is 2. The molecule has 0 radical (unpaired) electrons. The molecule has 8 nitrogen and oxygen atoms in total. The van der Waals surface area contributed by atoms with E-state index in [1.165, 1.54) is 16.1 Å². The molecule has 3 aromatic rings. The molecule has 1 aliphatic heterocycles. The van der Waals surface area contributed by atoms with Gasteiger partial charge in [-0.2, -0.15) is 0 Å². The van der Waals surface area contributed by atoms with Gasteiger partial charge in [0.1, 0.15) is 5.75 Å². The Bertz CT molecular complexity index is 1140. The van der Waals surface area contributed by atoms with Crippen LogP contribution in [-0.4, -0.2) is 43.5 Å². The molecule has 1 aromatic carbocycles. The molecule has 0 saturated carbocycles. The van der Waals surface area contributed by atoms with E-state index < -0.39 is 10.0 Å². The maximum atomic E-state index is 13.3. The first kappa shape index (κ1) is 17.5. The zero-order valence-corrected chi connectivity index (χ0v) is 15.4. The summed E-state index contributed by atoms with van der Waals surface area (Å²) in [5.41, 5.74) is 2.36. The second-order valence-electron chi connectivity index (χ2n) is 6.17. The lowest BCUT2D eigenvalue weighted by Crippen LogP contribution is -2.25. The van der Waals surface area contributed by atoms with Crippen LogP contribution in [0.1, 0.15) is 5.56 Å². The van der Waals surface area contributed by atoms with Crippen LogP contribution in [0.15, 0.2) is 47.6 Å². The van der Waals surface area contributed by atoms with Crippen LogP contribution in [0.2, 0.25) is 0 Å². The average molecular weight is 386 g/mol. The minimum Gasteiger partial charge on any atom is -0.482 e. The van der Waals surface area contributed by atoms with E-state index in [4.69, 9.17) is 4.74 Å². The number of hydrogen-bond acceptors (Lipinski definition) is 6. The van der Waals surface area contributed by atoms with Crippen LogP contribution in [-0.2, 0) is 21.2 Å². The fourth-order valence-electron chi connectivity index (χ4n) is 3.07. The molecule has 0 bridgehead atoms. The molecule has 1 aliphatic rings. The predicted octanol–water partition coefficient (Wildman–Crippen LogP) is 1.37. The first-order valence-electron chi connectivity index (χ1n) is 8.42. The Balaban J connectivity index is 1.83. The van der Waals surface area contributed by atoms with Crippen LogP contribution in [0, 0.1) is 0 Å². The van der Waals surface area contributed by atoms with Gasteiger partial charge >= 0.3 is 0 Å². The number of aromatic nitrogens is 2. The molecule has 0 atom stereocenters. The van der Waals surface area contributed by atoms with Crippen LogP contribution in [0.5, 0.6) is 5.75 Å². The standard InChI is InChI=1S/C18H18N4O4S/c1-19-8-6-12-10-22(15-3-2-7-20-18(12)15)27(24,25)13-4-5-16-14(9-13)21-17(23)11-26-16/h2-5,7,9-10,19H,6,8,11H2,1H3,(H,21,23). The molecular formula is C18H18N4O4S. The molecule has 4 rings (SSSR count). The molecule has 0 fully saturated rings. The Morgan fingerprint density at radius 2 is 2.19 bits per heavy atom. The number of rotatable bonds is 5. The van der Waals surface area contributed by atoms with Crippen LogP contribution in [0.3, 0.4) is 0 Å². The van der Waals surface area contributed by atoms with Crippen molar-refractivity contribution in [2.24, 2.45) is 0 Å². The van der Waals surface area contributed by atoms with Gasteiger partial charge in [-0.15, -0.1) is 0 Å². The highest BCUT2D eigenvalue weighted by molar-refractivity contribution is 7.90. The van der Waals surface area contributed by atoms with E-state index in [9.17, 15) is 13.2 Å². The maximum absolute atomic E-state index is 13.3. The van der Waals surface area contributed by atoms with Crippen molar-refractivity contribution in [2.45, 2.75) is 11.3 Å². The Hall–Kier alpha value is -2.91. The summed E-state index contributed by atoms with van der Waals surface area (Å²) < 4.78 is 33.1. The van der Waals surface area contributed by atoms with Gasteiger partial charge < -0.3 is 15.4 Å². The van der Waals surface area contributed by atoms with Gasteiger partial charge in [0.15, 0.2) is 6.61 Å². The summed E-state index contributed by atoms with van der Waals surface area (Å²) >= 11 is 0. The molecule has 1 amide bonds. The smallest absolute Gasteiger partial charge is 0.268 e. The fourth-order valence-corrected chi connectivity index (χ4v) is 4.48. The molecule has 9 heteroatoms. The molecule has 140 valence electrons. The topological polar surface area (TPSA) is 102 Å². The number of pyridine rings is 1. The lowest BCUT2D eigenvalue weighted by Gasteiger charge is -2.18. The molecule has 27 heavy (non-hydrogen) atoms. The van der Waals surface area contributed by atoms with Crippen LogP contribution < -0.4 is 15.4 Å². The van der Waals surface area contributed by atoms with Gasteiger partial charge in [-0.1, -0.05) is 0 Å². The van der Waals surface area contributed by atoms with Gasteiger partial charge in [-0.3, -0.25) is 9.78 Å². The van der Waals surface area contributed by atoms with Gasteiger partial charge in [0.25, 0.3) is 15.9 Å². The number of likely N-dealkylation sites (N-methyl/N-ethyl adjacent to an activating group) is 1. The minimum atomic E-state index is -3.87. The van der Waals surface area contributed by atoms with Crippen molar-refractivity contribution in [3.63, 3.8) is 0 Å². The third-order valence-electron chi connectivity index (χ3n) is 4.39. The van der Waals surface area contributed by atoms with E-state index in [0.717, 1.165) is 5.56 Å². The molecule has 3 heterocycles. The lowest BCUT2D eigenvalue weighted by molar-refractivity contribution is -0.118. The minimum absolute atomic E-state index is 0.0629. The van der Waals surface area contributed by atoms with E-state index in [1.807, 2.05) is 7.05 Å². The largest absolute Gasteiger partial charge is 0.482 e. The number of carbonyl (C=O) groups excluding carboxylic acids is 1. The van der Waals surface area contributed by atoms with Gasteiger partial charge in [-0.05, 0) is 55.9 Å². The highest BCUT2D eigenvalue weighted by Crippen LogP contribution is 2.32. The summed E-state index contributed by atoms with van der Waals surface area (Å²) in [5, 5.41) is 5.69. The van der Waals surface area contributed by atoms with E-state index in [-0.39, 0.29) is 17.4 Å². The zero-order valence-electron chi connectivity index (χ0n) is 14.6. The monoisotopic (exact) mass is 386 g/mol. The third kappa shape index (κ3) is 3.04. The highest BCUT2D eigenvalue weighted by Gasteiger charge is 2.24. The Kier molecular flexibility index (Phi) is 4.33. The van der Waals surface area contributed by atoms with Gasteiger partial charge in [0.05, 0.1) is 21.6 Å². The lowest BCUT2D eigenvalue weighted by atomic mass is 10.2. The summed E-state index contributed by atoms with van der Waals surface area (Å²) in [5.74, 6) is 0.129. The number of fused-ring (bicyclic) bond motifs is 2. The molecule has 0 saturated heterocycles. The van der Waals surface area contributed by atoms with Crippen molar-refractivity contribution < 1.29 is 17.9 Å². The van der Waals surface area contributed by atoms with Crippen molar-refractivity contribution in [3.8, 4) is 5.75 Å².